The van der Waals surface area contributed by atoms with E-state index in [9.17, 15) is 14.7 Å². The minimum absolute atomic E-state index is 0.0832. The van der Waals surface area contributed by atoms with Crippen LogP contribution in [0, 0.1) is 6.92 Å². The van der Waals surface area contributed by atoms with Gasteiger partial charge in [0.25, 0.3) is 11.8 Å². The molecule has 3 rings (SSSR count). The first-order chi connectivity index (χ1) is 10.4. The molecule has 1 aromatic heterocycles. The van der Waals surface area contributed by atoms with Crippen molar-refractivity contribution in [3.8, 4) is 0 Å². The number of nitrogens with zero attached hydrogens (tertiary/aromatic N) is 1. The highest BCUT2D eigenvalue weighted by molar-refractivity contribution is 6.07. The third kappa shape index (κ3) is 2.25. The van der Waals surface area contributed by atoms with E-state index in [1.54, 1.807) is 13.0 Å². The van der Waals surface area contributed by atoms with Gasteiger partial charge < -0.3 is 20.2 Å². The number of primary amides is 1. The molecule has 1 aliphatic heterocycles. The number of furan rings is 1. The van der Waals surface area contributed by atoms with Crippen molar-refractivity contribution in [2.75, 3.05) is 13.1 Å². The highest BCUT2D eigenvalue weighted by Gasteiger charge is 2.41. The lowest BCUT2D eigenvalue weighted by atomic mass is 9.91. The molecule has 2 aromatic rings. The maximum Gasteiger partial charge on any atom is 0.258 e. The minimum atomic E-state index is -1.65. The van der Waals surface area contributed by atoms with Gasteiger partial charge in [0.05, 0.1) is 12.1 Å². The number of hydrogen-bond donors (Lipinski definition) is 2. The number of carbonyl (C=O) groups is 2. The van der Waals surface area contributed by atoms with Gasteiger partial charge in [0.1, 0.15) is 11.3 Å². The molecule has 6 nitrogen and oxygen atoms in total. The summed E-state index contributed by atoms with van der Waals surface area (Å²) in [4.78, 5) is 25.7. The van der Waals surface area contributed by atoms with Crippen molar-refractivity contribution in [1.29, 1.82) is 0 Å². The Labute approximate surface area is 127 Å². The number of para-hydroxylation sites is 1. The number of aryl methyl sites for hydroxylation is 1. The lowest BCUT2D eigenvalue weighted by Gasteiger charge is -2.37. The van der Waals surface area contributed by atoms with Gasteiger partial charge in [0, 0.05) is 11.9 Å². The second kappa shape index (κ2) is 5.14. The third-order valence-electron chi connectivity index (χ3n) is 4.20. The van der Waals surface area contributed by atoms with Crippen LogP contribution in [0.2, 0.25) is 0 Å². The number of carbonyl (C=O) groups excluding carboxylic acids is 2. The van der Waals surface area contributed by atoms with Crippen LogP contribution in [0.3, 0.4) is 0 Å². The smallest absolute Gasteiger partial charge is 0.258 e. The lowest BCUT2D eigenvalue weighted by molar-refractivity contribution is -0.140. The number of β-amino-alcohol motifs (C(OH)–C–C–N with tert-alkyl or cyclic N) is 1. The number of rotatable bonds is 2. The Balaban J connectivity index is 1.96. The Hall–Kier alpha value is -2.34. The molecule has 2 amide bonds. The zero-order chi connectivity index (χ0) is 15.9. The molecule has 2 heterocycles. The van der Waals surface area contributed by atoms with Crippen molar-refractivity contribution in [2.45, 2.75) is 25.4 Å². The Morgan fingerprint density at radius 2 is 2.09 bits per heavy atom. The molecule has 1 aliphatic rings. The fraction of sp³-hybridized carbons (Fsp3) is 0.375. The summed E-state index contributed by atoms with van der Waals surface area (Å²) in [5, 5.41) is 11.0. The van der Waals surface area contributed by atoms with E-state index in [1.165, 1.54) is 4.90 Å². The SMILES string of the molecule is Cc1oc2ccccc2c1C(=O)N1CCCC(O)(C(N)=O)C1. The predicted molar refractivity (Wildman–Crippen MR) is 80.2 cm³/mol. The number of fused-ring (bicyclic) bond motifs is 1. The first kappa shape index (κ1) is 14.6. The molecule has 1 fully saturated rings. The van der Waals surface area contributed by atoms with E-state index in [0.717, 1.165) is 5.39 Å². The Kier molecular flexibility index (Phi) is 3.41. The van der Waals surface area contributed by atoms with Crippen LogP contribution in [0.1, 0.15) is 29.0 Å². The largest absolute Gasteiger partial charge is 0.461 e. The fourth-order valence-electron chi connectivity index (χ4n) is 3.00. The molecule has 116 valence electrons. The Morgan fingerprint density at radius 1 is 1.36 bits per heavy atom. The molecule has 22 heavy (non-hydrogen) atoms. The number of benzene rings is 1. The quantitative estimate of drug-likeness (QED) is 0.871. The Bertz CT molecular complexity index is 752. The summed E-state index contributed by atoms with van der Waals surface area (Å²) >= 11 is 0. The summed E-state index contributed by atoms with van der Waals surface area (Å²) in [5.74, 6) is -0.514. The van der Waals surface area contributed by atoms with Crippen LogP contribution in [-0.4, -0.2) is 40.5 Å². The first-order valence-electron chi connectivity index (χ1n) is 7.22. The monoisotopic (exact) mass is 302 g/mol. The molecule has 1 aromatic carbocycles. The van der Waals surface area contributed by atoms with E-state index >= 15 is 0 Å². The van der Waals surface area contributed by atoms with Crippen LogP contribution in [0.5, 0.6) is 0 Å². The van der Waals surface area contributed by atoms with Crippen molar-refractivity contribution in [3.05, 3.63) is 35.6 Å². The lowest BCUT2D eigenvalue weighted by Crippen LogP contribution is -2.57. The average Bonchev–Trinajstić information content (AvgIpc) is 2.82. The molecule has 1 unspecified atom stereocenters. The molecule has 6 heteroatoms. The standard InChI is InChI=1S/C16H18N2O4/c1-10-13(11-5-2-3-6-12(11)22-10)14(19)18-8-4-7-16(21,9-18)15(17)20/h2-3,5-6,21H,4,7-9H2,1H3,(H2,17,20). The van der Waals surface area contributed by atoms with Gasteiger partial charge in [-0.1, -0.05) is 18.2 Å². The summed E-state index contributed by atoms with van der Waals surface area (Å²) in [6.07, 6.45) is 0.803. The third-order valence-corrected chi connectivity index (χ3v) is 4.20. The summed E-state index contributed by atoms with van der Waals surface area (Å²) in [6, 6.07) is 7.30. The number of amides is 2. The van der Waals surface area contributed by atoms with E-state index in [1.807, 2.05) is 18.2 Å². The van der Waals surface area contributed by atoms with Gasteiger partial charge in [0.2, 0.25) is 0 Å². The van der Waals surface area contributed by atoms with Gasteiger partial charge in [-0.2, -0.15) is 0 Å². The van der Waals surface area contributed by atoms with Gasteiger partial charge in [0.15, 0.2) is 5.60 Å². The van der Waals surface area contributed by atoms with Crippen molar-refractivity contribution in [2.24, 2.45) is 5.73 Å². The molecule has 1 saturated heterocycles. The van der Waals surface area contributed by atoms with E-state index in [4.69, 9.17) is 10.2 Å². The van der Waals surface area contributed by atoms with Gasteiger partial charge in [-0.25, -0.2) is 0 Å². The predicted octanol–water partition coefficient (Wildman–Crippen LogP) is 1.19. The van der Waals surface area contributed by atoms with Crippen LogP contribution in [0.15, 0.2) is 28.7 Å². The first-order valence-corrected chi connectivity index (χ1v) is 7.22. The molecular weight excluding hydrogens is 284 g/mol. The molecule has 1 atom stereocenters. The molecule has 0 bridgehead atoms. The molecule has 0 saturated carbocycles. The van der Waals surface area contributed by atoms with Crippen molar-refractivity contribution < 1.29 is 19.1 Å². The highest BCUT2D eigenvalue weighted by Crippen LogP contribution is 2.29. The van der Waals surface area contributed by atoms with Gasteiger partial charge in [-0.15, -0.1) is 0 Å². The second-order valence-electron chi connectivity index (χ2n) is 5.76. The van der Waals surface area contributed by atoms with Gasteiger partial charge >= 0.3 is 0 Å². The molecule has 0 radical (unpaired) electrons. The number of piperidine rings is 1. The van der Waals surface area contributed by atoms with E-state index in [0.29, 0.717) is 29.9 Å². The van der Waals surface area contributed by atoms with Crippen LogP contribution >= 0.6 is 0 Å². The summed E-state index contributed by atoms with van der Waals surface area (Å²) < 4.78 is 5.61. The molecular formula is C16H18N2O4. The molecule has 3 N–H and O–H groups in total. The van der Waals surface area contributed by atoms with Crippen molar-refractivity contribution in [3.63, 3.8) is 0 Å². The number of aliphatic hydroxyl groups is 1. The van der Waals surface area contributed by atoms with E-state index in [-0.39, 0.29) is 18.9 Å². The zero-order valence-corrected chi connectivity index (χ0v) is 12.3. The zero-order valence-electron chi connectivity index (χ0n) is 12.3. The van der Waals surface area contributed by atoms with Crippen molar-refractivity contribution in [1.82, 2.24) is 4.90 Å². The van der Waals surface area contributed by atoms with E-state index in [2.05, 4.69) is 0 Å². The summed E-state index contributed by atoms with van der Waals surface area (Å²) in [6.45, 7) is 2.13. The van der Waals surface area contributed by atoms with E-state index < -0.39 is 11.5 Å². The fourth-order valence-corrected chi connectivity index (χ4v) is 3.00. The van der Waals surface area contributed by atoms with Crippen LogP contribution in [0.4, 0.5) is 0 Å². The van der Waals surface area contributed by atoms with Crippen LogP contribution in [0.25, 0.3) is 11.0 Å². The topological polar surface area (TPSA) is 96.8 Å². The maximum absolute atomic E-state index is 12.8. The summed E-state index contributed by atoms with van der Waals surface area (Å²) in [7, 11) is 0. The normalized spacial score (nSPS) is 22.0. The molecule has 0 aliphatic carbocycles. The second-order valence-corrected chi connectivity index (χ2v) is 5.76. The molecule has 0 spiro atoms. The average molecular weight is 302 g/mol. The van der Waals surface area contributed by atoms with Gasteiger partial charge in [-0.3, -0.25) is 9.59 Å². The highest BCUT2D eigenvalue weighted by atomic mass is 16.3. The van der Waals surface area contributed by atoms with Crippen LogP contribution < -0.4 is 5.73 Å². The number of likely N-dealkylation sites (tertiary alicyclic amines) is 1. The number of hydrogen-bond acceptors (Lipinski definition) is 4. The summed E-state index contributed by atoms with van der Waals surface area (Å²) in [5.41, 5.74) is 4.73. The van der Waals surface area contributed by atoms with Crippen molar-refractivity contribution >= 4 is 22.8 Å². The Morgan fingerprint density at radius 3 is 2.82 bits per heavy atom. The van der Waals surface area contributed by atoms with Crippen LogP contribution in [-0.2, 0) is 4.79 Å². The number of nitrogens with two attached hydrogens (primary N) is 1. The maximum atomic E-state index is 12.8. The van der Waals surface area contributed by atoms with Gasteiger partial charge in [-0.05, 0) is 25.8 Å². The minimum Gasteiger partial charge on any atom is -0.461 e.